The Bertz CT molecular complexity index is 872. The van der Waals surface area contributed by atoms with Gasteiger partial charge in [0.05, 0.1) is 10.1 Å². The van der Waals surface area contributed by atoms with E-state index in [0.717, 1.165) is 22.1 Å². The summed E-state index contributed by atoms with van der Waals surface area (Å²) in [6.07, 6.45) is 2.07. The van der Waals surface area contributed by atoms with Crippen molar-refractivity contribution in [2.45, 2.75) is 42.3 Å². The first-order valence-corrected chi connectivity index (χ1v) is 10.4. The molecule has 3 aromatic rings. The van der Waals surface area contributed by atoms with Crippen molar-refractivity contribution in [1.29, 1.82) is 0 Å². The van der Waals surface area contributed by atoms with Crippen LogP contribution < -0.4 is 4.90 Å². The standard InChI is InChI=1S/C15H15N5O2S3/c1-8(12-16-17-13(22-12)11-4-3-7-23-11)24-15-19-18-14(25-15)20(9(2)21)10-5-6-10/h3-4,7-8,10H,5-6H2,1-2H3. The Hall–Kier alpha value is -1.78. The summed E-state index contributed by atoms with van der Waals surface area (Å²) >= 11 is 4.49. The first-order chi connectivity index (χ1) is 12.1. The van der Waals surface area contributed by atoms with Crippen LogP contribution in [-0.2, 0) is 4.79 Å². The summed E-state index contributed by atoms with van der Waals surface area (Å²) in [5.41, 5.74) is 0. The van der Waals surface area contributed by atoms with Gasteiger partial charge in [0.25, 0.3) is 5.89 Å². The van der Waals surface area contributed by atoms with E-state index in [9.17, 15) is 4.79 Å². The van der Waals surface area contributed by atoms with E-state index in [-0.39, 0.29) is 17.2 Å². The molecule has 1 aliphatic carbocycles. The molecule has 1 atom stereocenters. The largest absolute Gasteiger partial charge is 0.419 e. The van der Waals surface area contributed by atoms with Crippen molar-refractivity contribution in [1.82, 2.24) is 20.4 Å². The molecule has 0 saturated heterocycles. The van der Waals surface area contributed by atoms with Gasteiger partial charge in [0.2, 0.25) is 16.9 Å². The van der Waals surface area contributed by atoms with E-state index in [1.165, 1.54) is 23.1 Å². The molecule has 1 saturated carbocycles. The number of thioether (sulfide) groups is 1. The summed E-state index contributed by atoms with van der Waals surface area (Å²) in [5.74, 6) is 1.10. The van der Waals surface area contributed by atoms with Gasteiger partial charge in [0.1, 0.15) is 0 Å². The summed E-state index contributed by atoms with van der Waals surface area (Å²) in [6.45, 7) is 3.56. The molecule has 130 valence electrons. The van der Waals surface area contributed by atoms with Gasteiger partial charge in [-0.15, -0.1) is 31.7 Å². The van der Waals surface area contributed by atoms with Crippen LogP contribution in [0.2, 0.25) is 0 Å². The minimum Gasteiger partial charge on any atom is -0.419 e. The van der Waals surface area contributed by atoms with Crippen molar-refractivity contribution in [2.24, 2.45) is 0 Å². The molecule has 0 radical (unpaired) electrons. The van der Waals surface area contributed by atoms with Crippen LogP contribution >= 0.6 is 34.4 Å². The average molecular weight is 394 g/mol. The second kappa shape index (κ2) is 6.85. The van der Waals surface area contributed by atoms with Crippen molar-refractivity contribution >= 4 is 45.5 Å². The highest BCUT2D eigenvalue weighted by Crippen LogP contribution is 2.40. The average Bonchev–Trinajstić information content (AvgIpc) is 3.02. The number of hydrogen-bond acceptors (Lipinski definition) is 9. The van der Waals surface area contributed by atoms with Crippen LogP contribution in [0.3, 0.4) is 0 Å². The fourth-order valence-electron chi connectivity index (χ4n) is 2.33. The van der Waals surface area contributed by atoms with E-state index in [2.05, 4.69) is 20.4 Å². The number of rotatable bonds is 6. The van der Waals surface area contributed by atoms with Gasteiger partial charge < -0.3 is 4.42 Å². The second-order valence-electron chi connectivity index (χ2n) is 5.65. The zero-order valence-electron chi connectivity index (χ0n) is 13.6. The highest BCUT2D eigenvalue weighted by Gasteiger charge is 2.34. The monoisotopic (exact) mass is 393 g/mol. The molecule has 3 heterocycles. The molecule has 25 heavy (non-hydrogen) atoms. The van der Waals surface area contributed by atoms with E-state index in [1.54, 1.807) is 23.2 Å². The molecule has 10 heteroatoms. The highest BCUT2D eigenvalue weighted by molar-refractivity contribution is 8.01. The molecule has 1 aliphatic rings. The molecule has 0 aliphatic heterocycles. The van der Waals surface area contributed by atoms with Crippen LogP contribution in [0.15, 0.2) is 26.3 Å². The van der Waals surface area contributed by atoms with Crippen molar-refractivity contribution in [3.63, 3.8) is 0 Å². The van der Waals surface area contributed by atoms with Crippen LogP contribution in [0.1, 0.15) is 37.8 Å². The van der Waals surface area contributed by atoms with Gasteiger partial charge in [0, 0.05) is 13.0 Å². The zero-order chi connectivity index (χ0) is 17.4. The molecule has 0 spiro atoms. The normalized spacial score (nSPS) is 15.3. The molecular weight excluding hydrogens is 378 g/mol. The maximum absolute atomic E-state index is 11.8. The van der Waals surface area contributed by atoms with Gasteiger partial charge >= 0.3 is 0 Å². The van der Waals surface area contributed by atoms with E-state index in [1.807, 2.05) is 24.4 Å². The fourth-order valence-corrected chi connectivity index (χ4v) is 5.10. The lowest BCUT2D eigenvalue weighted by molar-refractivity contribution is -0.116. The van der Waals surface area contributed by atoms with E-state index in [0.29, 0.717) is 16.9 Å². The minimum atomic E-state index is -0.0475. The Labute approximate surface area is 156 Å². The topological polar surface area (TPSA) is 85.0 Å². The van der Waals surface area contributed by atoms with Crippen LogP contribution in [0.5, 0.6) is 0 Å². The summed E-state index contributed by atoms with van der Waals surface area (Å²) in [4.78, 5) is 14.5. The van der Waals surface area contributed by atoms with Crippen molar-refractivity contribution in [3.05, 3.63) is 23.4 Å². The van der Waals surface area contributed by atoms with Gasteiger partial charge in [-0.2, -0.15) is 0 Å². The highest BCUT2D eigenvalue weighted by atomic mass is 32.2. The van der Waals surface area contributed by atoms with Crippen molar-refractivity contribution < 1.29 is 9.21 Å². The van der Waals surface area contributed by atoms with E-state index < -0.39 is 0 Å². The van der Waals surface area contributed by atoms with Crippen molar-refractivity contribution in [2.75, 3.05) is 4.90 Å². The number of carbonyl (C=O) groups is 1. The Morgan fingerprint density at radius 2 is 2.20 bits per heavy atom. The molecule has 0 aromatic carbocycles. The quantitative estimate of drug-likeness (QED) is 0.462. The minimum absolute atomic E-state index is 0.0146. The zero-order valence-corrected chi connectivity index (χ0v) is 16.0. The third-order valence-corrected chi connectivity index (χ3v) is 6.60. The summed E-state index contributed by atoms with van der Waals surface area (Å²) in [7, 11) is 0. The summed E-state index contributed by atoms with van der Waals surface area (Å²) in [5, 5.41) is 19.2. The maximum atomic E-state index is 11.8. The number of hydrogen-bond donors (Lipinski definition) is 0. The van der Waals surface area contributed by atoms with Crippen molar-refractivity contribution in [3.8, 4) is 10.8 Å². The predicted octanol–water partition coefficient (Wildman–Crippen LogP) is 4.02. The molecular formula is C15H15N5O2S3. The fraction of sp³-hybridized carbons (Fsp3) is 0.400. The third kappa shape index (κ3) is 3.60. The Kier molecular flexibility index (Phi) is 4.57. The summed E-state index contributed by atoms with van der Waals surface area (Å²) in [6, 6.07) is 4.18. The third-order valence-electron chi connectivity index (χ3n) is 3.65. The molecule has 1 amide bonds. The molecule has 4 rings (SSSR count). The lowest BCUT2D eigenvalue weighted by atomic mass is 10.5. The predicted molar refractivity (Wildman–Crippen MR) is 98.0 cm³/mol. The first kappa shape index (κ1) is 16.7. The molecule has 1 fully saturated rings. The number of anilines is 1. The van der Waals surface area contributed by atoms with Gasteiger partial charge in [-0.05, 0) is 31.2 Å². The number of nitrogens with zero attached hydrogens (tertiary/aromatic N) is 5. The smallest absolute Gasteiger partial charge is 0.257 e. The Morgan fingerprint density at radius 1 is 1.36 bits per heavy atom. The molecule has 3 aromatic heterocycles. The Balaban J connectivity index is 1.46. The number of aromatic nitrogens is 4. The summed E-state index contributed by atoms with van der Waals surface area (Å²) < 4.78 is 6.54. The van der Waals surface area contributed by atoms with Gasteiger partial charge in [-0.3, -0.25) is 9.69 Å². The number of amides is 1. The lowest BCUT2D eigenvalue weighted by Gasteiger charge is -2.15. The number of thiophene rings is 1. The second-order valence-corrected chi connectivity index (χ2v) is 9.15. The number of carbonyl (C=O) groups excluding carboxylic acids is 1. The lowest BCUT2D eigenvalue weighted by Crippen LogP contribution is -2.30. The van der Waals surface area contributed by atoms with E-state index >= 15 is 0 Å². The Morgan fingerprint density at radius 3 is 2.88 bits per heavy atom. The van der Waals surface area contributed by atoms with Gasteiger partial charge in [0.15, 0.2) is 4.34 Å². The molecule has 1 unspecified atom stereocenters. The SMILES string of the molecule is CC(=O)N(c1nnc(SC(C)c2nnc(-c3cccs3)o2)s1)C1CC1. The first-order valence-electron chi connectivity index (χ1n) is 7.79. The van der Waals surface area contributed by atoms with E-state index in [4.69, 9.17) is 4.42 Å². The molecule has 7 nitrogen and oxygen atoms in total. The van der Waals surface area contributed by atoms with Crippen LogP contribution in [0.25, 0.3) is 10.8 Å². The van der Waals surface area contributed by atoms with Crippen LogP contribution in [0.4, 0.5) is 5.13 Å². The van der Waals surface area contributed by atoms with Gasteiger partial charge in [-0.1, -0.05) is 29.2 Å². The molecule has 0 bridgehead atoms. The molecule has 0 N–H and O–H groups in total. The van der Waals surface area contributed by atoms with Crippen LogP contribution in [0, 0.1) is 0 Å². The maximum Gasteiger partial charge on any atom is 0.257 e. The van der Waals surface area contributed by atoms with Crippen LogP contribution in [-0.4, -0.2) is 32.3 Å². The van der Waals surface area contributed by atoms with Gasteiger partial charge in [-0.25, -0.2) is 0 Å².